The van der Waals surface area contributed by atoms with E-state index in [1.54, 1.807) is 6.20 Å². The molecule has 0 aliphatic rings. The lowest BCUT2D eigenvalue weighted by molar-refractivity contribution is 0.718. The summed E-state index contributed by atoms with van der Waals surface area (Å²) in [6, 6.07) is 11.7. The van der Waals surface area contributed by atoms with Crippen LogP contribution < -0.4 is 11.5 Å². The molecule has 4 N–H and O–H groups in total. The number of halogens is 1. The molecule has 0 saturated heterocycles. The number of nitrogens with zero attached hydrogens (tertiary/aromatic N) is 1. The van der Waals surface area contributed by atoms with Gasteiger partial charge in [-0.25, -0.2) is 4.98 Å². The van der Waals surface area contributed by atoms with Gasteiger partial charge >= 0.3 is 0 Å². The first-order valence-corrected chi connectivity index (χ1v) is 6.17. The van der Waals surface area contributed by atoms with E-state index >= 15 is 0 Å². The van der Waals surface area contributed by atoms with Crippen LogP contribution in [0.4, 0.5) is 5.82 Å². The maximum atomic E-state index is 6.18. The van der Waals surface area contributed by atoms with Crippen LogP contribution >= 0.6 is 15.9 Å². The van der Waals surface area contributed by atoms with E-state index in [0.29, 0.717) is 12.2 Å². The quantitative estimate of drug-likeness (QED) is 0.914. The fourth-order valence-corrected chi connectivity index (χ4v) is 2.32. The third-order valence-electron chi connectivity index (χ3n) is 2.67. The van der Waals surface area contributed by atoms with Gasteiger partial charge in [-0.05, 0) is 29.7 Å². The standard InChI is InChI=1S/C13H14BrN3/c14-11-6-2-1-5-10(11)12(15)8-9-4-3-7-17-13(9)16/h1-7,12H,8,15H2,(H2,16,17). The minimum absolute atomic E-state index is 0.0860. The van der Waals surface area contributed by atoms with Gasteiger partial charge in [0, 0.05) is 16.7 Å². The van der Waals surface area contributed by atoms with Gasteiger partial charge in [0.25, 0.3) is 0 Å². The van der Waals surface area contributed by atoms with Crippen LogP contribution in [0.2, 0.25) is 0 Å². The number of pyridine rings is 1. The van der Waals surface area contributed by atoms with Crippen molar-refractivity contribution in [1.29, 1.82) is 0 Å². The first-order valence-electron chi connectivity index (χ1n) is 5.38. The lowest BCUT2D eigenvalue weighted by atomic mass is 10.0. The molecule has 17 heavy (non-hydrogen) atoms. The highest BCUT2D eigenvalue weighted by atomic mass is 79.9. The second-order valence-electron chi connectivity index (χ2n) is 3.88. The van der Waals surface area contributed by atoms with Gasteiger partial charge in [-0.3, -0.25) is 0 Å². The third kappa shape index (κ3) is 2.84. The molecule has 1 aromatic carbocycles. The maximum absolute atomic E-state index is 6.18. The molecule has 1 atom stereocenters. The lowest BCUT2D eigenvalue weighted by Gasteiger charge is -2.14. The van der Waals surface area contributed by atoms with Gasteiger partial charge in [0.1, 0.15) is 5.82 Å². The summed E-state index contributed by atoms with van der Waals surface area (Å²) >= 11 is 3.50. The number of aromatic nitrogens is 1. The number of anilines is 1. The van der Waals surface area contributed by atoms with Gasteiger partial charge in [-0.2, -0.15) is 0 Å². The second-order valence-corrected chi connectivity index (χ2v) is 4.73. The average Bonchev–Trinajstić information content (AvgIpc) is 2.32. The largest absolute Gasteiger partial charge is 0.383 e. The molecule has 0 aliphatic heterocycles. The third-order valence-corrected chi connectivity index (χ3v) is 3.39. The maximum Gasteiger partial charge on any atom is 0.126 e. The highest BCUT2D eigenvalue weighted by molar-refractivity contribution is 9.10. The zero-order valence-corrected chi connectivity index (χ0v) is 10.9. The molecule has 88 valence electrons. The lowest BCUT2D eigenvalue weighted by Crippen LogP contribution is -2.15. The van der Waals surface area contributed by atoms with Crippen molar-refractivity contribution in [3.05, 3.63) is 58.2 Å². The molecular weight excluding hydrogens is 278 g/mol. The Morgan fingerprint density at radius 1 is 1.18 bits per heavy atom. The molecule has 0 amide bonds. The van der Waals surface area contributed by atoms with Crippen LogP contribution in [0.3, 0.4) is 0 Å². The Hall–Kier alpha value is -1.39. The molecule has 0 saturated carbocycles. The van der Waals surface area contributed by atoms with E-state index in [-0.39, 0.29) is 6.04 Å². The van der Waals surface area contributed by atoms with E-state index in [2.05, 4.69) is 20.9 Å². The molecule has 1 aromatic heterocycles. The summed E-state index contributed by atoms with van der Waals surface area (Å²) in [7, 11) is 0. The molecule has 0 aliphatic carbocycles. The molecule has 0 radical (unpaired) electrons. The van der Waals surface area contributed by atoms with E-state index in [0.717, 1.165) is 15.6 Å². The number of nitrogen functional groups attached to an aromatic ring is 1. The number of rotatable bonds is 3. The topological polar surface area (TPSA) is 64.9 Å². The Morgan fingerprint density at radius 3 is 2.65 bits per heavy atom. The van der Waals surface area contributed by atoms with Crippen LogP contribution in [0, 0.1) is 0 Å². The molecule has 0 bridgehead atoms. The van der Waals surface area contributed by atoms with Crippen molar-refractivity contribution in [2.24, 2.45) is 5.73 Å². The van der Waals surface area contributed by atoms with Gasteiger partial charge in [-0.1, -0.05) is 40.2 Å². The van der Waals surface area contributed by atoms with Crippen molar-refractivity contribution in [1.82, 2.24) is 4.98 Å². The molecule has 1 unspecified atom stereocenters. The van der Waals surface area contributed by atoms with Crippen molar-refractivity contribution >= 4 is 21.7 Å². The average molecular weight is 292 g/mol. The molecular formula is C13H14BrN3. The number of hydrogen-bond donors (Lipinski definition) is 2. The fraction of sp³-hybridized carbons (Fsp3) is 0.154. The first kappa shape index (κ1) is 12.1. The molecule has 3 nitrogen and oxygen atoms in total. The van der Waals surface area contributed by atoms with Crippen LogP contribution in [0.5, 0.6) is 0 Å². The minimum atomic E-state index is -0.0860. The zero-order chi connectivity index (χ0) is 12.3. The number of hydrogen-bond acceptors (Lipinski definition) is 3. The molecule has 0 spiro atoms. The summed E-state index contributed by atoms with van der Waals surface area (Å²) in [4.78, 5) is 4.06. The minimum Gasteiger partial charge on any atom is -0.383 e. The van der Waals surface area contributed by atoms with E-state index in [1.807, 2.05) is 36.4 Å². The van der Waals surface area contributed by atoms with Gasteiger partial charge in [0.2, 0.25) is 0 Å². The van der Waals surface area contributed by atoms with Gasteiger partial charge in [0.05, 0.1) is 0 Å². The summed E-state index contributed by atoms with van der Waals surface area (Å²) < 4.78 is 1.02. The van der Waals surface area contributed by atoms with E-state index in [4.69, 9.17) is 11.5 Å². The normalized spacial score (nSPS) is 12.4. The van der Waals surface area contributed by atoms with Crippen LogP contribution in [-0.2, 0) is 6.42 Å². The second kappa shape index (κ2) is 5.29. The molecule has 1 heterocycles. The van der Waals surface area contributed by atoms with Crippen LogP contribution in [-0.4, -0.2) is 4.98 Å². The molecule has 2 rings (SSSR count). The SMILES string of the molecule is Nc1ncccc1CC(N)c1ccccc1Br. The van der Waals surface area contributed by atoms with Crippen molar-refractivity contribution in [3.63, 3.8) is 0 Å². The Kier molecular flexibility index (Phi) is 3.76. The summed E-state index contributed by atoms with van der Waals surface area (Å²) in [6.07, 6.45) is 2.37. The Labute approximate surface area is 109 Å². The van der Waals surface area contributed by atoms with Gasteiger partial charge < -0.3 is 11.5 Å². The monoisotopic (exact) mass is 291 g/mol. The Balaban J connectivity index is 2.20. The number of benzene rings is 1. The summed E-state index contributed by atoms with van der Waals surface area (Å²) in [6.45, 7) is 0. The van der Waals surface area contributed by atoms with Gasteiger partial charge in [-0.15, -0.1) is 0 Å². The van der Waals surface area contributed by atoms with Crippen LogP contribution in [0.15, 0.2) is 47.1 Å². The van der Waals surface area contributed by atoms with Crippen molar-refractivity contribution in [2.75, 3.05) is 5.73 Å². The van der Waals surface area contributed by atoms with Crippen LogP contribution in [0.1, 0.15) is 17.2 Å². The van der Waals surface area contributed by atoms with Crippen molar-refractivity contribution in [3.8, 4) is 0 Å². The first-order chi connectivity index (χ1) is 8.18. The highest BCUT2D eigenvalue weighted by Gasteiger charge is 2.11. The molecule has 0 fully saturated rings. The zero-order valence-electron chi connectivity index (χ0n) is 9.31. The summed E-state index contributed by atoms with van der Waals surface area (Å²) in [5.41, 5.74) is 14.1. The number of nitrogens with two attached hydrogens (primary N) is 2. The predicted molar refractivity (Wildman–Crippen MR) is 73.4 cm³/mol. The summed E-state index contributed by atoms with van der Waals surface area (Å²) in [5.74, 6) is 0.551. The Morgan fingerprint density at radius 2 is 1.94 bits per heavy atom. The van der Waals surface area contributed by atoms with E-state index in [1.165, 1.54) is 0 Å². The fourth-order valence-electron chi connectivity index (χ4n) is 1.75. The highest BCUT2D eigenvalue weighted by Crippen LogP contribution is 2.25. The smallest absolute Gasteiger partial charge is 0.126 e. The van der Waals surface area contributed by atoms with E-state index in [9.17, 15) is 0 Å². The molecule has 2 aromatic rings. The van der Waals surface area contributed by atoms with Crippen molar-refractivity contribution < 1.29 is 0 Å². The Bertz CT molecular complexity index is 514. The van der Waals surface area contributed by atoms with Crippen LogP contribution in [0.25, 0.3) is 0 Å². The van der Waals surface area contributed by atoms with E-state index < -0.39 is 0 Å². The van der Waals surface area contributed by atoms with Gasteiger partial charge in [0.15, 0.2) is 0 Å². The summed E-state index contributed by atoms with van der Waals surface area (Å²) in [5, 5.41) is 0. The predicted octanol–water partition coefficient (Wildman–Crippen LogP) is 2.67. The molecule has 4 heteroatoms. The van der Waals surface area contributed by atoms with Crippen molar-refractivity contribution in [2.45, 2.75) is 12.5 Å².